The van der Waals surface area contributed by atoms with E-state index in [2.05, 4.69) is 13.8 Å². The van der Waals surface area contributed by atoms with Crippen molar-refractivity contribution in [2.45, 2.75) is 40.0 Å². The summed E-state index contributed by atoms with van der Waals surface area (Å²) >= 11 is 0. The number of rotatable bonds is 5. The van der Waals surface area contributed by atoms with E-state index in [1.807, 2.05) is 13.0 Å². The van der Waals surface area contributed by atoms with Crippen LogP contribution < -0.4 is 0 Å². The van der Waals surface area contributed by atoms with Gasteiger partial charge < -0.3 is 0 Å². The van der Waals surface area contributed by atoms with Crippen molar-refractivity contribution in [2.75, 3.05) is 0 Å². The van der Waals surface area contributed by atoms with E-state index in [-0.39, 0.29) is 5.78 Å². The highest BCUT2D eigenvalue weighted by Gasteiger charge is 1.95. The summed E-state index contributed by atoms with van der Waals surface area (Å²) in [5.74, 6) is 0.781. The van der Waals surface area contributed by atoms with Crippen molar-refractivity contribution in [1.29, 1.82) is 0 Å². The molecule has 1 nitrogen and oxygen atoms in total. The second kappa shape index (κ2) is 6.14. The maximum atomic E-state index is 10.8. The first-order chi connectivity index (χ1) is 5.20. The lowest BCUT2D eigenvalue weighted by molar-refractivity contribution is -0.114. The molecule has 0 fully saturated rings. The van der Waals surface area contributed by atoms with Gasteiger partial charge in [-0.3, -0.25) is 4.79 Å². The zero-order chi connectivity index (χ0) is 8.69. The molecule has 0 aliphatic rings. The molecule has 0 radical (unpaired) electrons. The van der Waals surface area contributed by atoms with E-state index in [1.54, 1.807) is 6.08 Å². The molecule has 1 heteroatoms. The highest BCUT2D eigenvalue weighted by molar-refractivity contribution is 5.89. The van der Waals surface area contributed by atoms with Crippen molar-refractivity contribution in [1.82, 2.24) is 0 Å². The third-order valence-electron chi connectivity index (χ3n) is 1.70. The Labute approximate surface area is 69.5 Å². The Kier molecular flexibility index (Phi) is 5.81. The maximum Gasteiger partial charge on any atom is 0.155 e. The number of carbonyl (C=O) groups excluding carboxylic acids is 1. The summed E-state index contributed by atoms with van der Waals surface area (Å²) in [4.78, 5) is 10.8. The minimum atomic E-state index is 0.230. The van der Waals surface area contributed by atoms with Gasteiger partial charge in [0.15, 0.2) is 5.78 Å². The van der Waals surface area contributed by atoms with Gasteiger partial charge in [-0.05, 0) is 18.4 Å². The Hall–Kier alpha value is -0.590. The van der Waals surface area contributed by atoms with Gasteiger partial charge in [0, 0.05) is 6.42 Å². The van der Waals surface area contributed by atoms with E-state index in [9.17, 15) is 4.79 Å². The molecule has 0 aromatic heterocycles. The molecule has 0 bridgehead atoms. The van der Waals surface area contributed by atoms with E-state index in [0.717, 1.165) is 0 Å². The van der Waals surface area contributed by atoms with Crippen LogP contribution in [0.1, 0.15) is 40.0 Å². The molecule has 0 N–H and O–H groups in total. The first-order valence-electron chi connectivity index (χ1n) is 4.41. The average Bonchev–Trinajstić information content (AvgIpc) is 2.01. The fourth-order valence-electron chi connectivity index (χ4n) is 0.941. The van der Waals surface area contributed by atoms with Gasteiger partial charge in [-0.15, -0.1) is 0 Å². The van der Waals surface area contributed by atoms with E-state index in [0.29, 0.717) is 12.3 Å². The largest absolute Gasteiger partial charge is 0.295 e. The number of hydrogen-bond acceptors (Lipinski definition) is 1. The predicted molar refractivity (Wildman–Crippen MR) is 48.5 cm³/mol. The zero-order valence-corrected chi connectivity index (χ0v) is 7.76. The van der Waals surface area contributed by atoms with Crippen molar-refractivity contribution >= 4 is 5.78 Å². The van der Waals surface area contributed by atoms with Crippen LogP contribution in [0.25, 0.3) is 0 Å². The molecule has 0 aliphatic heterocycles. The Balaban J connectivity index is 3.63. The van der Waals surface area contributed by atoms with Crippen LogP contribution >= 0.6 is 0 Å². The normalized spacial score (nSPS) is 13.7. The van der Waals surface area contributed by atoms with E-state index in [4.69, 9.17) is 0 Å². The first kappa shape index (κ1) is 10.4. The Bertz CT molecular complexity index is 136. The fraction of sp³-hybridized carbons (Fsp3) is 0.700. The van der Waals surface area contributed by atoms with Crippen molar-refractivity contribution in [3.8, 4) is 0 Å². The van der Waals surface area contributed by atoms with E-state index in [1.165, 1.54) is 12.8 Å². The molecule has 0 amide bonds. The third-order valence-corrected chi connectivity index (χ3v) is 1.70. The van der Waals surface area contributed by atoms with Gasteiger partial charge in [-0.2, -0.15) is 0 Å². The standard InChI is InChI=1S/C10H18O/c1-4-6-9(3)7-8-10(11)5-2/h7-9H,4-6H2,1-3H3/b8-7-. The Morgan fingerprint density at radius 3 is 2.55 bits per heavy atom. The molecule has 0 aromatic carbocycles. The van der Waals surface area contributed by atoms with Crippen molar-refractivity contribution in [3.05, 3.63) is 12.2 Å². The second-order valence-electron chi connectivity index (χ2n) is 2.94. The molecule has 0 saturated heterocycles. The summed E-state index contributed by atoms with van der Waals surface area (Å²) in [6, 6.07) is 0. The van der Waals surface area contributed by atoms with Crippen LogP contribution in [0, 0.1) is 5.92 Å². The molecule has 0 heterocycles. The molecular weight excluding hydrogens is 136 g/mol. The summed E-state index contributed by atoms with van der Waals surface area (Å²) < 4.78 is 0. The predicted octanol–water partition coefficient (Wildman–Crippen LogP) is 2.96. The summed E-state index contributed by atoms with van der Waals surface area (Å²) in [7, 11) is 0. The van der Waals surface area contributed by atoms with Gasteiger partial charge in [0.05, 0.1) is 0 Å². The molecule has 0 aliphatic carbocycles. The second-order valence-corrected chi connectivity index (χ2v) is 2.94. The molecule has 0 saturated carbocycles. The van der Waals surface area contributed by atoms with Crippen LogP contribution in [0.2, 0.25) is 0 Å². The number of carbonyl (C=O) groups is 1. The van der Waals surface area contributed by atoms with Gasteiger partial charge >= 0.3 is 0 Å². The van der Waals surface area contributed by atoms with Crippen LogP contribution in [0.5, 0.6) is 0 Å². The highest BCUT2D eigenvalue weighted by atomic mass is 16.1. The molecule has 0 aromatic rings. The summed E-state index contributed by atoms with van der Waals surface area (Å²) in [6.07, 6.45) is 6.70. The van der Waals surface area contributed by atoms with Crippen LogP contribution in [-0.2, 0) is 4.79 Å². The molecule has 0 rings (SSSR count). The molecule has 1 unspecified atom stereocenters. The van der Waals surface area contributed by atoms with Crippen LogP contribution in [-0.4, -0.2) is 5.78 Å². The Morgan fingerprint density at radius 1 is 1.45 bits per heavy atom. The number of ketones is 1. The number of hydrogen-bond donors (Lipinski definition) is 0. The van der Waals surface area contributed by atoms with Gasteiger partial charge in [0.1, 0.15) is 0 Å². The van der Waals surface area contributed by atoms with E-state index >= 15 is 0 Å². The quantitative estimate of drug-likeness (QED) is 0.556. The van der Waals surface area contributed by atoms with Gasteiger partial charge in [0.25, 0.3) is 0 Å². The van der Waals surface area contributed by atoms with Crippen molar-refractivity contribution in [3.63, 3.8) is 0 Å². The highest BCUT2D eigenvalue weighted by Crippen LogP contribution is 2.06. The van der Waals surface area contributed by atoms with Crippen molar-refractivity contribution in [2.24, 2.45) is 5.92 Å². The summed E-state index contributed by atoms with van der Waals surface area (Å²) in [5, 5.41) is 0. The van der Waals surface area contributed by atoms with Crippen LogP contribution in [0.3, 0.4) is 0 Å². The third kappa shape index (κ3) is 5.84. The molecular formula is C10H18O. The Morgan fingerprint density at radius 2 is 2.09 bits per heavy atom. The van der Waals surface area contributed by atoms with E-state index < -0.39 is 0 Å². The molecule has 11 heavy (non-hydrogen) atoms. The average molecular weight is 154 g/mol. The maximum absolute atomic E-state index is 10.8. The summed E-state index contributed by atoms with van der Waals surface area (Å²) in [5.41, 5.74) is 0. The first-order valence-corrected chi connectivity index (χ1v) is 4.41. The molecule has 0 spiro atoms. The smallest absolute Gasteiger partial charge is 0.155 e. The van der Waals surface area contributed by atoms with Gasteiger partial charge in [0.2, 0.25) is 0 Å². The van der Waals surface area contributed by atoms with Crippen LogP contribution in [0.15, 0.2) is 12.2 Å². The van der Waals surface area contributed by atoms with Gasteiger partial charge in [-0.1, -0.05) is 33.3 Å². The lowest BCUT2D eigenvalue weighted by atomic mass is 10.1. The van der Waals surface area contributed by atoms with Crippen molar-refractivity contribution < 1.29 is 4.79 Å². The molecule has 64 valence electrons. The minimum absolute atomic E-state index is 0.230. The lowest BCUT2D eigenvalue weighted by Gasteiger charge is -2.00. The topological polar surface area (TPSA) is 17.1 Å². The minimum Gasteiger partial charge on any atom is -0.295 e. The summed E-state index contributed by atoms with van der Waals surface area (Å²) in [6.45, 7) is 6.19. The van der Waals surface area contributed by atoms with Gasteiger partial charge in [-0.25, -0.2) is 0 Å². The monoisotopic (exact) mass is 154 g/mol. The lowest BCUT2D eigenvalue weighted by Crippen LogP contribution is -1.92. The molecule has 1 atom stereocenters. The number of allylic oxidation sites excluding steroid dienone is 2. The fourth-order valence-corrected chi connectivity index (χ4v) is 0.941. The SMILES string of the molecule is CCCC(C)/C=C\C(=O)CC. The van der Waals surface area contributed by atoms with Crippen LogP contribution in [0.4, 0.5) is 0 Å². The zero-order valence-electron chi connectivity index (χ0n) is 7.76.